The number of nitrogens with one attached hydrogen (secondary N) is 1. The lowest BCUT2D eigenvalue weighted by Gasteiger charge is -2.39. The largest absolute Gasteiger partial charge is 0.493 e. The molecular formula is C17H19ClN2O3S. The zero-order valence-corrected chi connectivity index (χ0v) is 15.4. The van der Waals surface area contributed by atoms with E-state index in [1.54, 1.807) is 13.2 Å². The number of rotatable bonds is 3. The van der Waals surface area contributed by atoms with Gasteiger partial charge in [-0.25, -0.2) is 0 Å². The third kappa shape index (κ3) is 2.63. The number of allylic oxidation sites excluding steroid dienone is 1. The van der Waals surface area contributed by atoms with Crippen molar-refractivity contribution >= 4 is 34.7 Å². The predicted molar refractivity (Wildman–Crippen MR) is 96.7 cm³/mol. The molecule has 1 atom stereocenters. The SMILES string of the molecule is COc1ccc(C2NC(=S)N(C)C3=C2C(=O)CCC3)c(Cl)c1OC. The number of hydrogen-bond acceptors (Lipinski definition) is 4. The van der Waals surface area contributed by atoms with Gasteiger partial charge in [0.2, 0.25) is 0 Å². The summed E-state index contributed by atoms with van der Waals surface area (Å²) < 4.78 is 10.7. The molecule has 0 saturated heterocycles. The van der Waals surface area contributed by atoms with Crippen LogP contribution in [-0.4, -0.2) is 37.1 Å². The Bertz CT molecular complexity index is 748. The molecular weight excluding hydrogens is 348 g/mol. The van der Waals surface area contributed by atoms with Crippen LogP contribution in [0, 0.1) is 0 Å². The summed E-state index contributed by atoms with van der Waals surface area (Å²) in [6.45, 7) is 0. The predicted octanol–water partition coefficient (Wildman–Crippen LogP) is 3.23. The molecule has 5 nitrogen and oxygen atoms in total. The number of ether oxygens (including phenoxy) is 2. The van der Waals surface area contributed by atoms with Gasteiger partial charge in [-0.2, -0.15) is 0 Å². The third-order valence-electron chi connectivity index (χ3n) is 4.52. The summed E-state index contributed by atoms with van der Waals surface area (Å²) in [5.74, 6) is 1.13. The summed E-state index contributed by atoms with van der Waals surface area (Å²) in [5, 5.41) is 4.25. The van der Waals surface area contributed by atoms with E-state index in [4.69, 9.17) is 33.3 Å². The Morgan fingerprint density at radius 2 is 2.04 bits per heavy atom. The van der Waals surface area contributed by atoms with E-state index in [9.17, 15) is 4.79 Å². The van der Waals surface area contributed by atoms with Gasteiger partial charge in [0.15, 0.2) is 22.4 Å². The molecule has 1 unspecified atom stereocenters. The Hall–Kier alpha value is -1.79. The molecule has 24 heavy (non-hydrogen) atoms. The van der Waals surface area contributed by atoms with Crippen LogP contribution in [0.4, 0.5) is 0 Å². The highest BCUT2D eigenvalue weighted by Gasteiger charge is 2.37. The second-order valence-electron chi connectivity index (χ2n) is 5.78. The molecule has 1 aromatic rings. The van der Waals surface area contributed by atoms with Crippen LogP contribution in [0.3, 0.4) is 0 Å². The van der Waals surface area contributed by atoms with Crippen LogP contribution in [-0.2, 0) is 4.79 Å². The van der Waals surface area contributed by atoms with E-state index in [1.807, 2.05) is 18.0 Å². The van der Waals surface area contributed by atoms with E-state index in [2.05, 4.69) is 5.32 Å². The van der Waals surface area contributed by atoms with Crippen molar-refractivity contribution in [3.8, 4) is 11.5 Å². The highest BCUT2D eigenvalue weighted by Crippen LogP contribution is 2.44. The van der Waals surface area contributed by atoms with E-state index in [-0.39, 0.29) is 11.8 Å². The van der Waals surface area contributed by atoms with Gasteiger partial charge < -0.3 is 19.7 Å². The number of benzene rings is 1. The van der Waals surface area contributed by atoms with Gasteiger partial charge in [0.1, 0.15) is 0 Å². The van der Waals surface area contributed by atoms with Gasteiger partial charge in [-0.15, -0.1) is 0 Å². The van der Waals surface area contributed by atoms with Crippen molar-refractivity contribution in [3.05, 3.63) is 34.0 Å². The van der Waals surface area contributed by atoms with Crippen molar-refractivity contribution in [2.24, 2.45) is 0 Å². The average molecular weight is 367 g/mol. The molecule has 3 rings (SSSR count). The topological polar surface area (TPSA) is 50.8 Å². The second kappa shape index (κ2) is 6.61. The van der Waals surface area contributed by atoms with E-state index in [1.165, 1.54) is 7.11 Å². The van der Waals surface area contributed by atoms with E-state index in [0.717, 1.165) is 29.7 Å². The number of ketones is 1. The minimum Gasteiger partial charge on any atom is -0.493 e. The molecule has 0 radical (unpaired) electrons. The summed E-state index contributed by atoms with van der Waals surface area (Å²) in [5.41, 5.74) is 2.48. The first kappa shape index (κ1) is 17.0. The van der Waals surface area contributed by atoms with Crippen LogP contribution < -0.4 is 14.8 Å². The summed E-state index contributed by atoms with van der Waals surface area (Å²) in [7, 11) is 4.98. The first-order valence-electron chi connectivity index (χ1n) is 7.70. The van der Waals surface area contributed by atoms with E-state index in [0.29, 0.717) is 28.1 Å². The van der Waals surface area contributed by atoms with Crippen molar-refractivity contribution in [1.29, 1.82) is 0 Å². The van der Waals surface area contributed by atoms with Crippen molar-refractivity contribution in [2.75, 3.05) is 21.3 Å². The fraction of sp³-hybridized carbons (Fsp3) is 0.412. The van der Waals surface area contributed by atoms with Gasteiger partial charge in [-0.1, -0.05) is 17.7 Å². The van der Waals surface area contributed by atoms with Crippen LogP contribution in [0.5, 0.6) is 11.5 Å². The zero-order valence-electron chi connectivity index (χ0n) is 13.8. The Morgan fingerprint density at radius 1 is 1.29 bits per heavy atom. The quantitative estimate of drug-likeness (QED) is 0.829. The van der Waals surface area contributed by atoms with Crippen LogP contribution in [0.15, 0.2) is 23.4 Å². The van der Waals surface area contributed by atoms with Crippen molar-refractivity contribution in [1.82, 2.24) is 10.2 Å². The zero-order chi connectivity index (χ0) is 17.4. The normalized spacial score (nSPS) is 20.7. The van der Waals surface area contributed by atoms with Gasteiger partial charge in [-0.05, 0) is 31.1 Å². The summed E-state index contributed by atoms with van der Waals surface area (Å²) in [6, 6.07) is 3.27. The lowest BCUT2D eigenvalue weighted by molar-refractivity contribution is -0.116. The van der Waals surface area contributed by atoms with Gasteiger partial charge in [0, 0.05) is 30.3 Å². The van der Waals surface area contributed by atoms with Crippen molar-refractivity contribution in [3.63, 3.8) is 0 Å². The minimum absolute atomic E-state index is 0.133. The molecule has 1 aliphatic carbocycles. The molecule has 0 bridgehead atoms. The maximum Gasteiger partial charge on any atom is 0.179 e. The molecule has 1 aromatic carbocycles. The molecule has 0 aromatic heterocycles. The lowest BCUT2D eigenvalue weighted by atomic mass is 9.85. The number of nitrogens with zero attached hydrogens (tertiary/aromatic N) is 1. The Labute approximate surface area is 151 Å². The van der Waals surface area contributed by atoms with Crippen LogP contribution in [0.1, 0.15) is 30.9 Å². The molecule has 1 aliphatic heterocycles. The van der Waals surface area contributed by atoms with Crippen LogP contribution >= 0.6 is 23.8 Å². The molecule has 0 spiro atoms. The summed E-state index contributed by atoms with van der Waals surface area (Å²) in [4.78, 5) is 14.5. The Morgan fingerprint density at radius 3 is 2.71 bits per heavy atom. The van der Waals surface area contributed by atoms with Gasteiger partial charge in [-0.3, -0.25) is 4.79 Å². The molecule has 0 amide bonds. The molecule has 128 valence electrons. The van der Waals surface area contributed by atoms with E-state index < -0.39 is 0 Å². The van der Waals surface area contributed by atoms with Crippen molar-refractivity contribution < 1.29 is 14.3 Å². The van der Waals surface area contributed by atoms with Crippen LogP contribution in [0.2, 0.25) is 5.02 Å². The molecule has 0 fully saturated rings. The minimum atomic E-state index is -0.371. The Balaban J connectivity index is 2.16. The second-order valence-corrected chi connectivity index (χ2v) is 6.55. The molecule has 2 aliphatic rings. The lowest BCUT2D eigenvalue weighted by Crippen LogP contribution is -2.47. The van der Waals surface area contributed by atoms with Crippen LogP contribution in [0.25, 0.3) is 0 Å². The fourth-order valence-corrected chi connectivity index (χ4v) is 3.87. The van der Waals surface area contributed by atoms with Gasteiger partial charge in [0.05, 0.1) is 25.3 Å². The number of halogens is 1. The standard InChI is InChI=1S/C17H19ClN2O3S/c1-20-10-5-4-6-11(21)13(10)15(19-17(20)24)9-7-8-12(22-2)16(23-3)14(9)18/h7-8,15H,4-6H2,1-3H3,(H,19,24). The first-order valence-corrected chi connectivity index (χ1v) is 8.49. The highest BCUT2D eigenvalue weighted by molar-refractivity contribution is 7.80. The molecule has 0 saturated carbocycles. The smallest absolute Gasteiger partial charge is 0.179 e. The number of methoxy groups -OCH3 is 2. The maximum absolute atomic E-state index is 12.6. The number of carbonyl (C=O) groups is 1. The monoisotopic (exact) mass is 366 g/mol. The number of Topliss-reactive ketones (excluding diaryl/α,β-unsaturated/α-hetero) is 1. The summed E-state index contributed by atoms with van der Waals surface area (Å²) in [6.07, 6.45) is 2.22. The first-order chi connectivity index (χ1) is 11.5. The van der Waals surface area contributed by atoms with E-state index >= 15 is 0 Å². The molecule has 1 heterocycles. The maximum atomic E-state index is 12.6. The summed E-state index contributed by atoms with van der Waals surface area (Å²) >= 11 is 12.0. The molecule has 7 heteroatoms. The molecule has 1 N–H and O–H groups in total. The van der Waals surface area contributed by atoms with Gasteiger partial charge in [0.25, 0.3) is 0 Å². The number of thiocarbonyl (C=S) groups is 1. The highest BCUT2D eigenvalue weighted by atomic mass is 35.5. The fourth-order valence-electron chi connectivity index (χ4n) is 3.30. The average Bonchev–Trinajstić information content (AvgIpc) is 2.58. The Kier molecular flexibility index (Phi) is 4.69. The number of hydrogen-bond donors (Lipinski definition) is 1. The van der Waals surface area contributed by atoms with Gasteiger partial charge >= 0.3 is 0 Å². The third-order valence-corrected chi connectivity index (χ3v) is 5.30. The number of carbonyl (C=O) groups excluding carboxylic acids is 1. The van der Waals surface area contributed by atoms with Crippen molar-refractivity contribution in [2.45, 2.75) is 25.3 Å².